The van der Waals surface area contributed by atoms with Crippen LogP contribution in [-0.4, -0.2) is 65.8 Å². The second kappa shape index (κ2) is 10.5. The van der Waals surface area contributed by atoms with E-state index >= 15 is 0 Å². The maximum atomic E-state index is 13.7. The quantitative estimate of drug-likeness (QED) is 0.653. The lowest BCUT2D eigenvalue weighted by Gasteiger charge is -2.41. The van der Waals surface area contributed by atoms with Crippen LogP contribution in [0, 0.1) is 5.92 Å². The van der Waals surface area contributed by atoms with Crippen molar-refractivity contribution in [2.24, 2.45) is 5.92 Å². The zero-order valence-electron chi connectivity index (χ0n) is 19.1. The molecule has 2 aliphatic rings. The van der Waals surface area contributed by atoms with Crippen LogP contribution in [0.3, 0.4) is 0 Å². The summed E-state index contributed by atoms with van der Waals surface area (Å²) in [6, 6.07) is 6.75. The lowest BCUT2D eigenvalue weighted by Crippen LogP contribution is -2.53. The predicted octanol–water partition coefficient (Wildman–Crippen LogP) is 4.13. The standard InChI is InChI=1S/C24H34ClF2N3O2/c1-16(2)22(31)30(19-8-11-24(26,27)12-9-19)20-10-13-29(15-20)23(32)21(28-3)14-17-4-6-18(25)7-5-17/h4-7,16,19-21,28H,8-15H2,1-3H3. The van der Waals surface area contributed by atoms with Gasteiger partial charge >= 0.3 is 0 Å². The van der Waals surface area contributed by atoms with Crippen LogP contribution < -0.4 is 5.32 Å². The number of carbonyl (C=O) groups excluding carboxylic acids is 2. The molecule has 2 amide bonds. The Bertz CT molecular complexity index is 793. The van der Waals surface area contributed by atoms with Crippen LogP contribution in [0.15, 0.2) is 24.3 Å². The number of alkyl halides is 2. The van der Waals surface area contributed by atoms with Crippen molar-refractivity contribution >= 4 is 23.4 Å². The number of hydrogen-bond donors (Lipinski definition) is 1. The first-order valence-corrected chi connectivity index (χ1v) is 11.9. The maximum absolute atomic E-state index is 13.7. The van der Waals surface area contributed by atoms with Crippen molar-refractivity contribution in [3.05, 3.63) is 34.9 Å². The first-order chi connectivity index (χ1) is 15.1. The number of amides is 2. The zero-order valence-corrected chi connectivity index (χ0v) is 19.9. The molecule has 2 atom stereocenters. The fraction of sp³-hybridized carbons (Fsp3) is 0.667. The van der Waals surface area contributed by atoms with Gasteiger partial charge in [-0.2, -0.15) is 0 Å². The van der Waals surface area contributed by atoms with Gasteiger partial charge in [0.1, 0.15) is 0 Å². The highest BCUT2D eigenvalue weighted by atomic mass is 35.5. The molecule has 32 heavy (non-hydrogen) atoms. The van der Waals surface area contributed by atoms with E-state index in [2.05, 4.69) is 5.32 Å². The van der Waals surface area contributed by atoms with Gasteiger partial charge in [0.15, 0.2) is 0 Å². The summed E-state index contributed by atoms with van der Waals surface area (Å²) in [5.74, 6) is -2.86. The number of likely N-dealkylation sites (N-methyl/N-ethyl adjacent to an activating group) is 1. The van der Waals surface area contributed by atoms with E-state index in [1.807, 2.05) is 43.0 Å². The van der Waals surface area contributed by atoms with Crippen LogP contribution in [0.25, 0.3) is 0 Å². The van der Waals surface area contributed by atoms with Crippen LogP contribution in [-0.2, 0) is 16.0 Å². The van der Waals surface area contributed by atoms with Crippen molar-refractivity contribution in [3.63, 3.8) is 0 Å². The molecule has 1 aliphatic heterocycles. The molecule has 1 aromatic carbocycles. The van der Waals surface area contributed by atoms with Crippen LogP contribution >= 0.6 is 11.6 Å². The molecule has 8 heteroatoms. The second-order valence-electron chi connectivity index (χ2n) is 9.39. The van der Waals surface area contributed by atoms with Crippen molar-refractivity contribution in [1.82, 2.24) is 15.1 Å². The SMILES string of the molecule is CNC(Cc1ccc(Cl)cc1)C(=O)N1CCC(N(C(=O)C(C)C)C2CCC(F)(F)CC2)C1. The summed E-state index contributed by atoms with van der Waals surface area (Å²) in [4.78, 5) is 29.9. The van der Waals surface area contributed by atoms with E-state index in [0.717, 1.165) is 5.56 Å². The molecule has 178 valence electrons. The number of nitrogens with one attached hydrogen (secondary N) is 1. The van der Waals surface area contributed by atoms with Gasteiger partial charge in [0.05, 0.1) is 12.1 Å². The fourth-order valence-corrected chi connectivity index (χ4v) is 4.94. The van der Waals surface area contributed by atoms with Crippen molar-refractivity contribution < 1.29 is 18.4 Å². The minimum Gasteiger partial charge on any atom is -0.339 e. The van der Waals surface area contributed by atoms with Gasteiger partial charge < -0.3 is 15.1 Å². The average molecular weight is 470 g/mol. The van der Waals surface area contributed by atoms with Crippen LogP contribution in [0.2, 0.25) is 5.02 Å². The molecular formula is C24H34ClF2N3O2. The molecule has 1 heterocycles. The van der Waals surface area contributed by atoms with Gasteiger partial charge in [-0.1, -0.05) is 37.6 Å². The van der Waals surface area contributed by atoms with Gasteiger partial charge in [0, 0.05) is 42.9 Å². The van der Waals surface area contributed by atoms with E-state index in [4.69, 9.17) is 11.6 Å². The van der Waals surface area contributed by atoms with Gasteiger partial charge in [-0.15, -0.1) is 0 Å². The van der Waals surface area contributed by atoms with Crippen LogP contribution in [0.4, 0.5) is 8.78 Å². The third kappa shape index (κ3) is 5.98. The Hall–Kier alpha value is -1.73. The lowest BCUT2D eigenvalue weighted by molar-refractivity contribution is -0.144. The Labute approximate surface area is 194 Å². The van der Waals surface area contributed by atoms with Gasteiger partial charge in [0.2, 0.25) is 17.7 Å². The van der Waals surface area contributed by atoms with Crippen molar-refractivity contribution in [2.75, 3.05) is 20.1 Å². The van der Waals surface area contributed by atoms with Gasteiger partial charge in [-0.05, 0) is 50.4 Å². The van der Waals surface area contributed by atoms with Gasteiger partial charge in [0.25, 0.3) is 0 Å². The number of carbonyl (C=O) groups is 2. The Morgan fingerprint density at radius 1 is 1.16 bits per heavy atom. The Balaban J connectivity index is 1.67. The molecular weight excluding hydrogens is 436 g/mol. The summed E-state index contributed by atoms with van der Waals surface area (Å²) in [6.45, 7) is 4.69. The summed E-state index contributed by atoms with van der Waals surface area (Å²) in [7, 11) is 1.77. The average Bonchev–Trinajstić information content (AvgIpc) is 3.23. The largest absolute Gasteiger partial charge is 0.339 e. The predicted molar refractivity (Wildman–Crippen MR) is 122 cm³/mol. The molecule has 1 aromatic rings. The van der Waals surface area contributed by atoms with E-state index < -0.39 is 5.92 Å². The van der Waals surface area contributed by atoms with E-state index in [1.54, 1.807) is 11.9 Å². The Morgan fingerprint density at radius 3 is 2.34 bits per heavy atom. The molecule has 2 fully saturated rings. The van der Waals surface area contributed by atoms with Crippen molar-refractivity contribution in [1.29, 1.82) is 0 Å². The molecule has 1 saturated heterocycles. The molecule has 2 unspecified atom stereocenters. The molecule has 0 radical (unpaired) electrons. The highest BCUT2D eigenvalue weighted by Gasteiger charge is 2.43. The molecule has 1 saturated carbocycles. The van der Waals surface area contributed by atoms with Crippen LogP contribution in [0.5, 0.6) is 0 Å². The minimum absolute atomic E-state index is 0.00271. The molecule has 5 nitrogen and oxygen atoms in total. The summed E-state index contributed by atoms with van der Waals surface area (Å²) >= 11 is 5.96. The van der Waals surface area contributed by atoms with E-state index in [1.165, 1.54) is 0 Å². The molecule has 0 bridgehead atoms. The van der Waals surface area contributed by atoms with Gasteiger partial charge in [-0.3, -0.25) is 9.59 Å². The lowest BCUT2D eigenvalue weighted by atomic mass is 9.89. The van der Waals surface area contributed by atoms with Crippen LogP contribution in [0.1, 0.15) is 51.5 Å². The van der Waals surface area contributed by atoms with E-state index in [-0.39, 0.29) is 48.7 Å². The molecule has 1 aliphatic carbocycles. The Morgan fingerprint density at radius 2 is 1.78 bits per heavy atom. The first-order valence-electron chi connectivity index (χ1n) is 11.5. The monoisotopic (exact) mass is 469 g/mol. The van der Waals surface area contributed by atoms with Crippen molar-refractivity contribution in [3.8, 4) is 0 Å². The Kier molecular flexibility index (Phi) is 8.15. The summed E-state index contributed by atoms with van der Waals surface area (Å²) < 4.78 is 27.4. The van der Waals surface area contributed by atoms with E-state index in [0.29, 0.717) is 43.8 Å². The third-order valence-corrected chi connectivity index (χ3v) is 6.95. The summed E-state index contributed by atoms with van der Waals surface area (Å²) in [6.07, 6.45) is 1.47. The smallest absolute Gasteiger partial charge is 0.248 e. The zero-order chi connectivity index (χ0) is 23.5. The first kappa shape index (κ1) is 24.9. The maximum Gasteiger partial charge on any atom is 0.248 e. The second-order valence-corrected chi connectivity index (χ2v) is 9.82. The van der Waals surface area contributed by atoms with Crippen molar-refractivity contribution in [2.45, 2.75) is 76.4 Å². The fourth-order valence-electron chi connectivity index (χ4n) is 4.82. The topological polar surface area (TPSA) is 52.7 Å². The number of benzene rings is 1. The molecule has 0 spiro atoms. The number of nitrogens with zero attached hydrogens (tertiary/aromatic N) is 2. The summed E-state index contributed by atoms with van der Waals surface area (Å²) in [5.41, 5.74) is 1.01. The minimum atomic E-state index is -2.64. The molecule has 0 aromatic heterocycles. The normalized spacial score (nSPS) is 22.2. The van der Waals surface area contributed by atoms with E-state index in [9.17, 15) is 18.4 Å². The third-order valence-electron chi connectivity index (χ3n) is 6.70. The molecule has 3 rings (SSSR count). The number of rotatable bonds is 7. The number of hydrogen-bond acceptors (Lipinski definition) is 3. The molecule has 1 N–H and O–H groups in total. The highest BCUT2D eigenvalue weighted by Crippen LogP contribution is 2.37. The van der Waals surface area contributed by atoms with Gasteiger partial charge in [-0.25, -0.2) is 8.78 Å². The summed E-state index contributed by atoms with van der Waals surface area (Å²) in [5, 5.41) is 3.76. The number of likely N-dealkylation sites (tertiary alicyclic amines) is 1. The number of halogens is 3. The highest BCUT2D eigenvalue weighted by molar-refractivity contribution is 6.30.